The van der Waals surface area contributed by atoms with Crippen LogP contribution in [0.3, 0.4) is 0 Å². The summed E-state index contributed by atoms with van der Waals surface area (Å²) in [7, 11) is 0. The number of amides is 1. The minimum absolute atomic E-state index is 0.0510. The van der Waals surface area contributed by atoms with Gasteiger partial charge in [0.2, 0.25) is 11.4 Å². The zero-order valence-electron chi connectivity index (χ0n) is 25.3. The Morgan fingerprint density at radius 3 is 1.73 bits per heavy atom. The third-order valence-corrected chi connectivity index (χ3v) is 5.36. The molecule has 1 atom stereocenters. The largest absolute Gasteiger partial charge is 0.618 e. The Hall–Kier alpha value is -4.15. The SMILES string of the molecule is Cc1c(C(=O)OC(C)(C)C)c(-c2ccccc2)c(C(=O)OC(C)(C)C)c(C[C@H](NC(=O)OC(C)(C)C)C(=O)O)[n+]1[O-]. The fourth-order valence-electron chi connectivity index (χ4n) is 3.91. The second-order valence-corrected chi connectivity index (χ2v) is 12.6. The molecular weight excluding hydrogens is 532 g/mol. The lowest BCUT2D eigenvalue weighted by atomic mass is 9.90. The second-order valence-electron chi connectivity index (χ2n) is 12.6. The van der Waals surface area contributed by atoms with E-state index in [1.54, 1.807) is 92.6 Å². The van der Waals surface area contributed by atoms with Crippen LogP contribution in [0, 0.1) is 12.1 Å². The van der Waals surface area contributed by atoms with Crippen molar-refractivity contribution >= 4 is 24.0 Å². The average Bonchev–Trinajstić information content (AvgIpc) is 2.77. The first kappa shape index (κ1) is 33.1. The van der Waals surface area contributed by atoms with Crippen molar-refractivity contribution in [3.63, 3.8) is 0 Å². The van der Waals surface area contributed by atoms with Crippen molar-refractivity contribution in [2.24, 2.45) is 0 Å². The molecule has 0 saturated carbocycles. The number of alkyl carbamates (subject to hydrolysis) is 1. The normalized spacial score (nSPS) is 12.7. The number of ether oxygens (including phenoxy) is 3. The van der Waals surface area contributed by atoms with Crippen LogP contribution < -0.4 is 10.0 Å². The number of carbonyl (C=O) groups excluding carboxylic acids is 3. The molecule has 0 bridgehead atoms. The summed E-state index contributed by atoms with van der Waals surface area (Å²) in [5.74, 6) is -3.28. The summed E-state index contributed by atoms with van der Waals surface area (Å²) in [5, 5.41) is 26.0. The maximum absolute atomic E-state index is 13.8. The van der Waals surface area contributed by atoms with E-state index in [0.29, 0.717) is 10.3 Å². The van der Waals surface area contributed by atoms with E-state index in [4.69, 9.17) is 14.2 Å². The maximum atomic E-state index is 13.8. The Labute approximate surface area is 240 Å². The summed E-state index contributed by atoms with van der Waals surface area (Å²) in [4.78, 5) is 52.0. The molecule has 11 heteroatoms. The van der Waals surface area contributed by atoms with Crippen molar-refractivity contribution in [3.05, 3.63) is 58.1 Å². The van der Waals surface area contributed by atoms with Gasteiger partial charge in [-0.25, -0.2) is 19.2 Å². The number of carboxylic acid groups (broad SMARTS) is 1. The van der Waals surface area contributed by atoms with Crippen LogP contribution in [0.1, 0.15) is 94.4 Å². The highest BCUT2D eigenvalue weighted by molar-refractivity contribution is 6.07. The van der Waals surface area contributed by atoms with Gasteiger partial charge in [-0.05, 0) is 67.9 Å². The molecule has 41 heavy (non-hydrogen) atoms. The quantitative estimate of drug-likeness (QED) is 0.207. The molecule has 0 aliphatic carbocycles. The smallest absolute Gasteiger partial charge is 0.408 e. The fourth-order valence-corrected chi connectivity index (χ4v) is 3.91. The molecule has 1 heterocycles. The van der Waals surface area contributed by atoms with Crippen molar-refractivity contribution in [2.75, 3.05) is 0 Å². The van der Waals surface area contributed by atoms with Gasteiger partial charge in [-0.15, -0.1) is 0 Å². The number of hydrogen-bond acceptors (Lipinski definition) is 8. The number of carboxylic acids is 1. The van der Waals surface area contributed by atoms with Crippen molar-refractivity contribution in [3.8, 4) is 11.1 Å². The van der Waals surface area contributed by atoms with E-state index in [9.17, 15) is 29.5 Å². The molecule has 0 saturated heterocycles. The highest BCUT2D eigenvalue weighted by atomic mass is 16.6. The molecule has 0 fully saturated rings. The molecule has 1 amide bonds. The van der Waals surface area contributed by atoms with Gasteiger partial charge in [0.25, 0.3) is 0 Å². The summed E-state index contributed by atoms with van der Waals surface area (Å²) < 4.78 is 16.8. The Kier molecular flexibility index (Phi) is 9.80. The lowest BCUT2D eigenvalue weighted by Gasteiger charge is -2.26. The number of esters is 2. The summed E-state index contributed by atoms with van der Waals surface area (Å²) >= 11 is 0. The number of carbonyl (C=O) groups is 4. The number of hydrogen-bond donors (Lipinski definition) is 2. The van der Waals surface area contributed by atoms with Crippen LogP contribution in [0.4, 0.5) is 4.79 Å². The van der Waals surface area contributed by atoms with Crippen molar-refractivity contribution in [2.45, 2.75) is 98.5 Å². The summed E-state index contributed by atoms with van der Waals surface area (Å²) in [5.41, 5.74) is -3.33. The lowest BCUT2D eigenvalue weighted by molar-refractivity contribution is -0.621. The highest BCUT2D eigenvalue weighted by Gasteiger charge is 2.39. The lowest BCUT2D eigenvalue weighted by Crippen LogP contribution is -2.49. The van der Waals surface area contributed by atoms with Gasteiger partial charge in [-0.2, -0.15) is 4.73 Å². The minimum atomic E-state index is -1.67. The van der Waals surface area contributed by atoms with E-state index in [0.717, 1.165) is 0 Å². The van der Waals surface area contributed by atoms with Crippen LogP contribution >= 0.6 is 0 Å². The van der Waals surface area contributed by atoms with Gasteiger partial charge in [-0.3, -0.25) is 0 Å². The maximum Gasteiger partial charge on any atom is 0.408 e. The van der Waals surface area contributed by atoms with Crippen LogP contribution in [-0.2, 0) is 25.4 Å². The Balaban J connectivity index is 2.94. The van der Waals surface area contributed by atoms with Crippen LogP contribution in [-0.4, -0.2) is 52.0 Å². The number of nitrogens with one attached hydrogen (secondary N) is 1. The standard InChI is InChI=1S/C30H40N2O9/c1-17-21(25(35)39-28(2,3)4)22(18-14-12-11-13-15-18)23(26(36)40-29(5,6)7)20(32(17)38)16-19(24(33)34)31-27(37)41-30(8,9)10/h11-15,19H,16H2,1-10H3,(H,31,37)(H,33,34)/t19-/m0/s1. The number of benzene rings is 1. The summed E-state index contributed by atoms with van der Waals surface area (Å²) in [6.45, 7) is 16.1. The van der Waals surface area contributed by atoms with E-state index in [2.05, 4.69) is 5.32 Å². The van der Waals surface area contributed by atoms with Gasteiger partial charge >= 0.3 is 24.0 Å². The third kappa shape index (κ3) is 9.19. The van der Waals surface area contributed by atoms with E-state index < -0.39 is 53.3 Å². The highest BCUT2D eigenvalue weighted by Crippen LogP contribution is 2.34. The molecule has 2 rings (SSSR count). The third-order valence-electron chi connectivity index (χ3n) is 5.36. The monoisotopic (exact) mass is 572 g/mol. The van der Waals surface area contributed by atoms with Gasteiger partial charge in [0, 0.05) is 12.5 Å². The molecule has 0 aliphatic heterocycles. The average molecular weight is 573 g/mol. The van der Waals surface area contributed by atoms with Gasteiger partial charge in [0.05, 0.1) is 6.42 Å². The number of pyridine rings is 1. The predicted molar refractivity (Wildman–Crippen MR) is 150 cm³/mol. The van der Waals surface area contributed by atoms with Crippen molar-refractivity contribution in [1.29, 1.82) is 0 Å². The molecule has 0 unspecified atom stereocenters. The molecule has 2 aromatic rings. The molecule has 0 aliphatic rings. The van der Waals surface area contributed by atoms with E-state index in [1.165, 1.54) is 6.92 Å². The zero-order valence-corrected chi connectivity index (χ0v) is 25.3. The van der Waals surface area contributed by atoms with Gasteiger partial charge in [-0.1, -0.05) is 30.3 Å². The van der Waals surface area contributed by atoms with Crippen LogP contribution in [0.2, 0.25) is 0 Å². The predicted octanol–water partition coefficient (Wildman–Crippen LogP) is 4.73. The van der Waals surface area contributed by atoms with Crippen molar-refractivity contribution in [1.82, 2.24) is 5.32 Å². The number of nitrogens with zero attached hydrogens (tertiary/aromatic N) is 1. The number of rotatable bonds is 7. The molecule has 11 nitrogen and oxygen atoms in total. The van der Waals surface area contributed by atoms with Gasteiger partial charge < -0.3 is 29.8 Å². The number of aromatic nitrogens is 1. The van der Waals surface area contributed by atoms with Crippen LogP contribution in [0.15, 0.2) is 30.3 Å². The molecule has 1 aromatic heterocycles. The molecular formula is C30H40N2O9. The molecule has 1 aromatic carbocycles. The molecule has 0 radical (unpaired) electrons. The molecule has 2 N–H and O–H groups in total. The first-order valence-electron chi connectivity index (χ1n) is 13.1. The minimum Gasteiger partial charge on any atom is -0.618 e. The number of aliphatic carboxylic acids is 1. The Morgan fingerprint density at radius 1 is 0.829 bits per heavy atom. The van der Waals surface area contributed by atoms with Crippen molar-refractivity contribution < 1.29 is 43.2 Å². The fraction of sp³-hybridized carbons (Fsp3) is 0.500. The first-order valence-corrected chi connectivity index (χ1v) is 13.1. The summed E-state index contributed by atoms with van der Waals surface area (Å²) in [6, 6.07) is 6.72. The molecule has 224 valence electrons. The van der Waals surface area contributed by atoms with E-state index >= 15 is 0 Å². The topological polar surface area (TPSA) is 155 Å². The van der Waals surface area contributed by atoms with Gasteiger partial charge in [0.1, 0.15) is 34.0 Å². The second kappa shape index (κ2) is 12.2. The first-order chi connectivity index (χ1) is 18.6. The van der Waals surface area contributed by atoms with Crippen LogP contribution in [0.5, 0.6) is 0 Å². The van der Waals surface area contributed by atoms with E-state index in [-0.39, 0.29) is 28.1 Å². The van der Waals surface area contributed by atoms with E-state index in [1.807, 2.05) is 0 Å². The van der Waals surface area contributed by atoms with Crippen LogP contribution in [0.25, 0.3) is 11.1 Å². The Bertz CT molecular complexity index is 1310. The summed E-state index contributed by atoms with van der Waals surface area (Å²) in [6.07, 6.45) is -1.64. The van der Waals surface area contributed by atoms with Gasteiger partial charge in [0.15, 0.2) is 0 Å². The molecule has 0 spiro atoms. The Morgan fingerprint density at radius 2 is 1.29 bits per heavy atom. The zero-order chi connectivity index (χ0) is 31.5.